The maximum absolute atomic E-state index is 12.0. The molecule has 1 amide bonds. The van der Waals surface area contributed by atoms with Crippen molar-refractivity contribution >= 4 is 34.9 Å². The fourth-order valence-corrected chi connectivity index (χ4v) is 2.22. The van der Waals surface area contributed by atoms with Gasteiger partial charge in [-0.1, -0.05) is 23.4 Å². The lowest BCUT2D eigenvalue weighted by Crippen LogP contribution is -2.26. The van der Waals surface area contributed by atoms with E-state index < -0.39 is 6.10 Å². The van der Waals surface area contributed by atoms with Crippen LogP contribution < -0.4 is 5.32 Å². The minimum absolute atomic E-state index is 0.0547. The molecule has 2 aromatic rings. The van der Waals surface area contributed by atoms with Crippen molar-refractivity contribution < 1.29 is 14.4 Å². The lowest BCUT2D eigenvalue weighted by Gasteiger charge is -2.10. The standard InChI is InChI=1S/C16H16N2O3S/c1-11(19)13-5-3-6-14(9-13)18-16(20)12(2)21-17-10-15-7-4-8-22-15/h3-10,12H,1-2H3,(H,18,20)/b17-10+. The fourth-order valence-electron chi connectivity index (χ4n) is 1.65. The van der Waals surface area contributed by atoms with Crippen LogP contribution in [-0.2, 0) is 9.63 Å². The summed E-state index contributed by atoms with van der Waals surface area (Å²) < 4.78 is 0. The number of carbonyl (C=O) groups excluding carboxylic acids is 2. The number of carbonyl (C=O) groups is 2. The molecule has 0 saturated heterocycles. The first kappa shape index (κ1) is 15.9. The normalized spacial score (nSPS) is 12.1. The average Bonchev–Trinajstić information content (AvgIpc) is 3.00. The number of rotatable bonds is 6. The zero-order valence-electron chi connectivity index (χ0n) is 12.3. The van der Waals surface area contributed by atoms with Gasteiger partial charge < -0.3 is 10.2 Å². The van der Waals surface area contributed by atoms with Gasteiger partial charge in [0.1, 0.15) is 0 Å². The van der Waals surface area contributed by atoms with Gasteiger partial charge in [0.15, 0.2) is 5.78 Å². The molecule has 0 saturated carbocycles. The maximum atomic E-state index is 12.0. The van der Waals surface area contributed by atoms with E-state index in [1.807, 2.05) is 17.5 Å². The molecule has 1 atom stereocenters. The van der Waals surface area contributed by atoms with Crippen molar-refractivity contribution in [2.24, 2.45) is 5.16 Å². The van der Waals surface area contributed by atoms with Crippen LogP contribution in [0.2, 0.25) is 0 Å². The molecule has 1 aromatic heterocycles. The number of amides is 1. The summed E-state index contributed by atoms with van der Waals surface area (Å²) in [5.74, 6) is -0.384. The summed E-state index contributed by atoms with van der Waals surface area (Å²) in [6.07, 6.45) is 0.822. The molecule has 1 unspecified atom stereocenters. The van der Waals surface area contributed by atoms with Gasteiger partial charge in [-0.2, -0.15) is 0 Å². The van der Waals surface area contributed by atoms with Crippen LogP contribution in [0, 0.1) is 0 Å². The van der Waals surface area contributed by atoms with Crippen molar-refractivity contribution in [2.45, 2.75) is 20.0 Å². The minimum atomic E-state index is -0.739. The Bertz CT molecular complexity index is 680. The summed E-state index contributed by atoms with van der Waals surface area (Å²) >= 11 is 1.53. The van der Waals surface area contributed by atoms with Gasteiger partial charge >= 0.3 is 0 Å². The Hall–Kier alpha value is -2.47. The number of nitrogens with zero attached hydrogens (tertiary/aromatic N) is 1. The molecule has 1 aromatic carbocycles. The predicted molar refractivity (Wildman–Crippen MR) is 87.5 cm³/mol. The van der Waals surface area contributed by atoms with Gasteiger partial charge in [-0.25, -0.2) is 0 Å². The molecule has 114 valence electrons. The van der Waals surface area contributed by atoms with Crippen LogP contribution >= 0.6 is 11.3 Å². The Labute approximate surface area is 132 Å². The second-order valence-electron chi connectivity index (χ2n) is 4.62. The highest BCUT2D eigenvalue weighted by atomic mass is 32.1. The monoisotopic (exact) mass is 316 g/mol. The van der Waals surface area contributed by atoms with Crippen molar-refractivity contribution in [1.29, 1.82) is 0 Å². The fraction of sp³-hybridized carbons (Fsp3) is 0.188. The van der Waals surface area contributed by atoms with E-state index in [9.17, 15) is 9.59 Å². The first-order chi connectivity index (χ1) is 10.6. The molecule has 5 nitrogen and oxygen atoms in total. The highest BCUT2D eigenvalue weighted by molar-refractivity contribution is 7.11. The molecule has 0 bridgehead atoms. The quantitative estimate of drug-likeness (QED) is 0.505. The Balaban J connectivity index is 1.91. The number of hydrogen-bond donors (Lipinski definition) is 1. The number of nitrogens with one attached hydrogen (secondary N) is 1. The molecule has 1 N–H and O–H groups in total. The molecule has 0 aliphatic heterocycles. The van der Waals surface area contributed by atoms with E-state index in [0.717, 1.165) is 4.88 Å². The van der Waals surface area contributed by atoms with E-state index in [2.05, 4.69) is 10.5 Å². The second kappa shape index (κ2) is 7.51. The van der Waals surface area contributed by atoms with Gasteiger partial charge in [-0.3, -0.25) is 9.59 Å². The topological polar surface area (TPSA) is 67.8 Å². The molecule has 0 aliphatic rings. The molecule has 22 heavy (non-hydrogen) atoms. The molecular weight excluding hydrogens is 300 g/mol. The molecule has 0 radical (unpaired) electrons. The smallest absolute Gasteiger partial charge is 0.267 e. The van der Waals surface area contributed by atoms with Crippen LogP contribution in [0.3, 0.4) is 0 Å². The van der Waals surface area contributed by atoms with Gasteiger partial charge in [-0.05, 0) is 37.4 Å². The number of oxime groups is 1. The van der Waals surface area contributed by atoms with E-state index in [-0.39, 0.29) is 11.7 Å². The first-order valence-electron chi connectivity index (χ1n) is 6.71. The van der Waals surface area contributed by atoms with E-state index in [0.29, 0.717) is 11.3 Å². The molecule has 0 fully saturated rings. The van der Waals surface area contributed by atoms with Crippen LogP contribution in [0.25, 0.3) is 0 Å². The van der Waals surface area contributed by atoms with Crippen LogP contribution in [0.4, 0.5) is 5.69 Å². The third kappa shape index (κ3) is 4.53. The minimum Gasteiger partial charge on any atom is -0.383 e. The molecule has 2 rings (SSSR count). The SMILES string of the molecule is CC(=O)c1cccc(NC(=O)C(C)O/N=C/c2cccs2)c1. The van der Waals surface area contributed by atoms with Gasteiger partial charge in [-0.15, -0.1) is 11.3 Å². The van der Waals surface area contributed by atoms with Crippen molar-refractivity contribution in [3.8, 4) is 0 Å². The zero-order chi connectivity index (χ0) is 15.9. The van der Waals surface area contributed by atoms with Crippen LogP contribution in [-0.4, -0.2) is 24.0 Å². The van der Waals surface area contributed by atoms with Crippen molar-refractivity contribution in [2.75, 3.05) is 5.32 Å². The highest BCUT2D eigenvalue weighted by Gasteiger charge is 2.14. The summed E-state index contributed by atoms with van der Waals surface area (Å²) in [7, 11) is 0. The van der Waals surface area contributed by atoms with Gasteiger partial charge in [0.2, 0.25) is 6.10 Å². The number of hydrogen-bond acceptors (Lipinski definition) is 5. The Kier molecular flexibility index (Phi) is 5.43. The zero-order valence-corrected chi connectivity index (χ0v) is 13.1. The molecule has 1 heterocycles. The molecule has 0 spiro atoms. The van der Waals surface area contributed by atoms with E-state index in [1.165, 1.54) is 18.3 Å². The van der Waals surface area contributed by atoms with Crippen molar-refractivity contribution in [1.82, 2.24) is 0 Å². The number of Topliss-reactive ketones (excluding diaryl/α,β-unsaturated/α-hetero) is 1. The predicted octanol–water partition coefficient (Wildman–Crippen LogP) is 3.33. The summed E-state index contributed by atoms with van der Waals surface area (Å²) in [5, 5.41) is 8.42. The van der Waals surface area contributed by atoms with Gasteiger partial charge in [0, 0.05) is 16.1 Å². The number of ketones is 1. The number of thiophene rings is 1. The average molecular weight is 316 g/mol. The summed E-state index contributed by atoms with van der Waals surface area (Å²) in [5.41, 5.74) is 1.09. The summed E-state index contributed by atoms with van der Waals surface area (Å²) in [6.45, 7) is 3.09. The summed E-state index contributed by atoms with van der Waals surface area (Å²) in [6, 6.07) is 10.6. The highest BCUT2D eigenvalue weighted by Crippen LogP contribution is 2.12. The van der Waals surface area contributed by atoms with Crippen molar-refractivity contribution in [3.05, 3.63) is 52.2 Å². The Morgan fingerprint density at radius 2 is 2.14 bits per heavy atom. The summed E-state index contributed by atoms with van der Waals surface area (Å²) in [4.78, 5) is 29.4. The molecule has 0 aliphatic carbocycles. The Morgan fingerprint density at radius 1 is 1.32 bits per heavy atom. The maximum Gasteiger partial charge on any atom is 0.267 e. The van der Waals surface area contributed by atoms with E-state index in [4.69, 9.17) is 4.84 Å². The van der Waals surface area contributed by atoms with E-state index in [1.54, 1.807) is 37.4 Å². The van der Waals surface area contributed by atoms with E-state index >= 15 is 0 Å². The second-order valence-corrected chi connectivity index (χ2v) is 5.60. The first-order valence-corrected chi connectivity index (χ1v) is 7.59. The Morgan fingerprint density at radius 3 is 2.82 bits per heavy atom. The lowest BCUT2D eigenvalue weighted by molar-refractivity contribution is -0.126. The van der Waals surface area contributed by atoms with Gasteiger partial charge in [0.25, 0.3) is 5.91 Å². The largest absolute Gasteiger partial charge is 0.383 e. The number of anilines is 1. The molecule has 6 heteroatoms. The van der Waals surface area contributed by atoms with Crippen LogP contribution in [0.15, 0.2) is 46.9 Å². The van der Waals surface area contributed by atoms with Crippen LogP contribution in [0.5, 0.6) is 0 Å². The lowest BCUT2D eigenvalue weighted by atomic mass is 10.1. The third-order valence-electron chi connectivity index (χ3n) is 2.85. The van der Waals surface area contributed by atoms with Gasteiger partial charge in [0.05, 0.1) is 6.21 Å². The van der Waals surface area contributed by atoms with Crippen molar-refractivity contribution in [3.63, 3.8) is 0 Å². The number of benzene rings is 1. The van der Waals surface area contributed by atoms with Crippen LogP contribution in [0.1, 0.15) is 29.1 Å². The third-order valence-corrected chi connectivity index (χ3v) is 3.65. The molecular formula is C16H16N2O3S.